The molecule has 4 nitrogen and oxygen atoms in total. The number of benzene rings is 2. The van der Waals surface area contributed by atoms with Crippen molar-refractivity contribution >= 4 is 10.0 Å². The Bertz CT molecular complexity index is 882. The predicted molar refractivity (Wildman–Crippen MR) is 88.3 cm³/mol. The fourth-order valence-corrected chi connectivity index (χ4v) is 4.18. The highest BCUT2D eigenvalue weighted by molar-refractivity contribution is 7.89. The van der Waals surface area contributed by atoms with Crippen molar-refractivity contribution in [1.29, 1.82) is 5.26 Å². The van der Waals surface area contributed by atoms with Crippen LogP contribution < -0.4 is 0 Å². The fourth-order valence-electron chi connectivity index (χ4n) is 2.97. The highest BCUT2D eigenvalue weighted by atomic mass is 32.2. The molecular weight excluding hydrogens is 308 g/mol. The van der Waals surface area contributed by atoms with Gasteiger partial charge in [0.15, 0.2) is 0 Å². The minimum absolute atomic E-state index is 0.245. The standard InChI is InChI=1S/C18H18N2O2S/c1-20(13-15-5-2-4-14(10-15)12-19)23(21,22)18-9-8-16-6-3-7-17(16)11-18/h2,4-5,8-11H,3,6-7,13H2,1H3. The van der Waals surface area contributed by atoms with Gasteiger partial charge in [-0.2, -0.15) is 9.57 Å². The minimum atomic E-state index is -3.53. The molecule has 0 aromatic heterocycles. The van der Waals surface area contributed by atoms with Gasteiger partial charge in [0.2, 0.25) is 10.0 Å². The maximum atomic E-state index is 12.8. The lowest BCUT2D eigenvalue weighted by atomic mass is 10.1. The number of aryl methyl sites for hydroxylation is 2. The quantitative estimate of drug-likeness (QED) is 0.868. The van der Waals surface area contributed by atoms with Gasteiger partial charge in [-0.1, -0.05) is 18.2 Å². The smallest absolute Gasteiger partial charge is 0.207 e. The SMILES string of the molecule is CN(Cc1cccc(C#N)c1)S(=O)(=O)c1ccc2c(c1)CCC2. The van der Waals surface area contributed by atoms with Crippen molar-refractivity contribution in [2.24, 2.45) is 0 Å². The normalized spacial score (nSPS) is 13.8. The summed E-state index contributed by atoms with van der Waals surface area (Å²) in [6.45, 7) is 0.245. The molecule has 0 unspecified atom stereocenters. The van der Waals surface area contributed by atoms with Crippen LogP contribution in [0.1, 0.15) is 28.7 Å². The Balaban J connectivity index is 1.85. The van der Waals surface area contributed by atoms with E-state index in [4.69, 9.17) is 5.26 Å². The number of sulfonamides is 1. The number of nitriles is 1. The second-order valence-corrected chi connectivity index (χ2v) is 7.90. The second-order valence-electron chi connectivity index (χ2n) is 5.86. The maximum absolute atomic E-state index is 12.8. The van der Waals surface area contributed by atoms with Crippen LogP contribution in [0.3, 0.4) is 0 Å². The molecule has 0 aliphatic heterocycles. The number of fused-ring (bicyclic) bond motifs is 1. The van der Waals surface area contributed by atoms with Crippen LogP contribution in [0, 0.1) is 11.3 Å². The molecule has 0 amide bonds. The molecule has 3 rings (SSSR count). The number of nitrogens with zero attached hydrogens (tertiary/aromatic N) is 2. The minimum Gasteiger partial charge on any atom is -0.207 e. The van der Waals surface area contributed by atoms with Gasteiger partial charge in [-0.15, -0.1) is 0 Å². The Hall–Kier alpha value is -2.16. The molecule has 23 heavy (non-hydrogen) atoms. The maximum Gasteiger partial charge on any atom is 0.243 e. The molecule has 5 heteroatoms. The van der Waals surface area contributed by atoms with Crippen LogP contribution in [0.2, 0.25) is 0 Å². The van der Waals surface area contributed by atoms with Gasteiger partial charge >= 0.3 is 0 Å². The van der Waals surface area contributed by atoms with Crippen molar-refractivity contribution in [3.8, 4) is 6.07 Å². The van der Waals surface area contributed by atoms with Crippen LogP contribution in [0.25, 0.3) is 0 Å². The lowest BCUT2D eigenvalue weighted by Crippen LogP contribution is -2.26. The average molecular weight is 326 g/mol. The van der Waals surface area contributed by atoms with Crippen LogP contribution >= 0.6 is 0 Å². The topological polar surface area (TPSA) is 61.2 Å². The molecule has 0 atom stereocenters. The molecule has 1 aliphatic rings. The van der Waals surface area contributed by atoms with Crippen molar-refractivity contribution in [3.63, 3.8) is 0 Å². The van der Waals surface area contributed by atoms with E-state index in [-0.39, 0.29) is 6.54 Å². The van der Waals surface area contributed by atoms with Crippen LogP contribution in [0.4, 0.5) is 0 Å². The first-order chi connectivity index (χ1) is 11.0. The number of hydrogen-bond acceptors (Lipinski definition) is 3. The van der Waals surface area contributed by atoms with Crippen molar-refractivity contribution in [3.05, 3.63) is 64.7 Å². The van der Waals surface area contributed by atoms with Crippen LogP contribution in [-0.2, 0) is 29.4 Å². The van der Waals surface area contributed by atoms with E-state index in [0.717, 1.165) is 30.4 Å². The summed E-state index contributed by atoms with van der Waals surface area (Å²) in [4.78, 5) is 0.345. The molecule has 0 saturated heterocycles. The Morgan fingerprint density at radius 3 is 2.70 bits per heavy atom. The predicted octanol–water partition coefficient (Wildman–Crippen LogP) is 2.87. The molecule has 2 aromatic carbocycles. The Labute approximate surface area is 137 Å². The highest BCUT2D eigenvalue weighted by Gasteiger charge is 2.23. The number of rotatable bonds is 4. The molecule has 2 aromatic rings. The Morgan fingerprint density at radius 2 is 1.91 bits per heavy atom. The zero-order chi connectivity index (χ0) is 16.4. The fraction of sp³-hybridized carbons (Fsp3) is 0.278. The molecule has 0 fully saturated rings. The summed E-state index contributed by atoms with van der Waals surface area (Å²) in [5.74, 6) is 0. The Morgan fingerprint density at radius 1 is 1.13 bits per heavy atom. The van der Waals surface area contributed by atoms with E-state index < -0.39 is 10.0 Å². The highest BCUT2D eigenvalue weighted by Crippen LogP contribution is 2.26. The van der Waals surface area contributed by atoms with E-state index in [1.165, 1.54) is 9.87 Å². The molecule has 0 heterocycles. The van der Waals surface area contributed by atoms with Gasteiger partial charge in [0.05, 0.1) is 16.5 Å². The summed E-state index contributed by atoms with van der Waals surface area (Å²) in [5, 5.41) is 8.94. The number of hydrogen-bond donors (Lipinski definition) is 0. The first kappa shape index (κ1) is 15.7. The zero-order valence-electron chi connectivity index (χ0n) is 13.0. The summed E-state index contributed by atoms with van der Waals surface area (Å²) >= 11 is 0. The van der Waals surface area contributed by atoms with E-state index in [9.17, 15) is 8.42 Å². The largest absolute Gasteiger partial charge is 0.243 e. The lowest BCUT2D eigenvalue weighted by molar-refractivity contribution is 0.466. The van der Waals surface area contributed by atoms with E-state index in [2.05, 4.69) is 6.07 Å². The summed E-state index contributed by atoms with van der Waals surface area (Å²) in [6, 6.07) is 14.5. The molecule has 118 valence electrons. The van der Waals surface area contributed by atoms with Crippen molar-refractivity contribution in [1.82, 2.24) is 4.31 Å². The van der Waals surface area contributed by atoms with Crippen molar-refractivity contribution in [2.75, 3.05) is 7.05 Å². The summed E-state index contributed by atoms with van der Waals surface area (Å²) < 4.78 is 26.8. The Kier molecular flexibility index (Phi) is 4.20. The van der Waals surface area contributed by atoms with Gasteiger partial charge in [-0.05, 0) is 60.2 Å². The monoisotopic (exact) mass is 326 g/mol. The van der Waals surface area contributed by atoms with Gasteiger partial charge < -0.3 is 0 Å². The third kappa shape index (κ3) is 3.14. The summed E-state index contributed by atoms with van der Waals surface area (Å²) in [7, 11) is -1.96. The van der Waals surface area contributed by atoms with Gasteiger partial charge in [0, 0.05) is 13.6 Å². The molecule has 1 aliphatic carbocycles. The molecule has 0 bridgehead atoms. The summed E-state index contributed by atoms with van der Waals surface area (Å²) in [5.41, 5.74) is 3.74. The van der Waals surface area contributed by atoms with E-state index in [0.29, 0.717) is 10.5 Å². The van der Waals surface area contributed by atoms with Crippen LogP contribution in [0.5, 0.6) is 0 Å². The van der Waals surface area contributed by atoms with Gasteiger partial charge in [0.25, 0.3) is 0 Å². The molecule has 0 saturated carbocycles. The third-order valence-electron chi connectivity index (χ3n) is 4.24. The van der Waals surface area contributed by atoms with E-state index >= 15 is 0 Å². The average Bonchev–Trinajstić information content (AvgIpc) is 3.02. The van der Waals surface area contributed by atoms with E-state index in [1.54, 1.807) is 37.4 Å². The van der Waals surface area contributed by atoms with Gasteiger partial charge in [0.1, 0.15) is 0 Å². The first-order valence-electron chi connectivity index (χ1n) is 7.58. The van der Waals surface area contributed by atoms with Gasteiger partial charge in [-0.3, -0.25) is 0 Å². The lowest BCUT2D eigenvalue weighted by Gasteiger charge is -2.18. The first-order valence-corrected chi connectivity index (χ1v) is 9.02. The third-order valence-corrected chi connectivity index (χ3v) is 6.04. The van der Waals surface area contributed by atoms with Crippen LogP contribution in [-0.4, -0.2) is 19.8 Å². The van der Waals surface area contributed by atoms with Crippen molar-refractivity contribution in [2.45, 2.75) is 30.7 Å². The van der Waals surface area contributed by atoms with Crippen LogP contribution in [0.15, 0.2) is 47.4 Å². The second kappa shape index (κ2) is 6.15. The van der Waals surface area contributed by atoms with Gasteiger partial charge in [-0.25, -0.2) is 8.42 Å². The van der Waals surface area contributed by atoms with Crippen molar-refractivity contribution < 1.29 is 8.42 Å². The summed E-state index contributed by atoms with van der Waals surface area (Å²) in [6.07, 6.45) is 3.08. The molecule has 0 spiro atoms. The molecule has 0 N–H and O–H groups in total. The molecular formula is C18H18N2O2S. The van der Waals surface area contributed by atoms with E-state index in [1.807, 2.05) is 12.1 Å². The zero-order valence-corrected chi connectivity index (χ0v) is 13.8. The molecule has 0 radical (unpaired) electrons.